The third-order valence-corrected chi connectivity index (χ3v) is 4.76. The molecule has 0 saturated carbocycles. The van der Waals surface area contributed by atoms with Gasteiger partial charge in [-0.15, -0.1) is 0 Å². The molecular weight excluding hydrogens is 362 g/mol. The van der Waals surface area contributed by atoms with Gasteiger partial charge in [-0.05, 0) is 24.1 Å². The van der Waals surface area contributed by atoms with Crippen LogP contribution in [0.15, 0.2) is 40.2 Å². The maximum Gasteiger partial charge on any atom is 0.332 e. The van der Waals surface area contributed by atoms with Crippen LogP contribution in [-0.2, 0) is 25.4 Å². The van der Waals surface area contributed by atoms with Gasteiger partial charge in [0.05, 0.1) is 19.5 Å². The van der Waals surface area contributed by atoms with Crippen molar-refractivity contribution in [2.45, 2.75) is 25.9 Å². The first-order valence-corrected chi connectivity index (χ1v) is 8.91. The number of aromatic nitrogens is 4. The quantitative estimate of drug-likeness (QED) is 0.674. The highest BCUT2D eigenvalue weighted by atomic mass is 16.5. The van der Waals surface area contributed by atoms with Gasteiger partial charge in [0.25, 0.3) is 5.56 Å². The molecule has 0 fully saturated rings. The molecule has 0 radical (unpaired) electrons. The second-order valence-corrected chi connectivity index (χ2v) is 6.56. The molecule has 0 spiro atoms. The third-order valence-electron chi connectivity index (χ3n) is 4.76. The second-order valence-electron chi connectivity index (χ2n) is 6.56. The van der Waals surface area contributed by atoms with Crippen LogP contribution in [0.3, 0.4) is 0 Å². The number of fused-ring (bicyclic) bond motifs is 1. The molecule has 9 heteroatoms. The van der Waals surface area contributed by atoms with E-state index in [9.17, 15) is 14.4 Å². The molecule has 2 aromatic heterocycles. The third kappa shape index (κ3) is 3.42. The first kappa shape index (κ1) is 19.4. The van der Waals surface area contributed by atoms with E-state index in [1.54, 1.807) is 14.2 Å². The topological polar surface area (TPSA) is 100 Å². The van der Waals surface area contributed by atoms with Crippen LogP contribution in [0.25, 0.3) is 11.2 Å². The molecule has 0 aliphatic rings. The van der Waals surface area contributed by atoms with Crippen molar-refractivity contribution < 1.29 is 9.53 Å². The molecule has 0 bridgehead atoms. The molecule has 9 nitrogen and oxygen atoms in total. The fourth-order valence-corrected chi connectivity index (χ4v) is 3.18. The summed E-state index contributed by atoms with van der Waals surface area (Å²) in [6.07, 6.45) is 2.12. The summed E-state index contributed by atoms with van der Waals surface area (Å²) >= 11 is 0. The molecule has 1 amide bonds. The monoisotopic (exact) mass is 385 g/mol. The fraction of sp³-hybridized carbons (Fsp3) is 0.368. The Balaban J connectivity index is 1.87. The van der Waals surface area contributed by atoms with Gasteiger partial charge in [0.2, 0.25) is 5.91 Å². The number of benzene rings is 1. The molecule has 148 valence electrons. The van der Waals surface area contributed by atoms with Crippen molar-refractivity contribution in [2.75, 3.05) is 7.11 Å². The number of rotatable bonds is 6. The number of nitrogens with zero attached hydrogens (tertiary/aromatic N) is 4. The lowest BCUT2D eigenvalue weighted by atomic mass is 10.0. The number of nitrogens with one attached hydrogen (secondary N) is 1. The van der Waals surface area contributed by atoms with E-state index in [0.29, 0.717) is 12.1 Å². The van der Waals surface area contributed by atoms with E-state index in [-0.39, 0.29) is 18.1 Å². The van der Waals surface area contributed by atoms with Gasteiger partial charge in [-0.3, -0.25) is 14.2 Å². The minimum atomic E-state index is -0.580. The molecule has 2 heterocycles. The number of carbonyl (C=O) groups is 1. The van der Waals surface area contributed by atoms with Gasteiger partial charge in [0.1, 0.15) is 12.3 Å². The molecule has 0 unspecified atom stereocenters. The van der Waals surface area contributed by atoms with Crippen molar-refractivity contribution in [2.24, 2.45) is 14.1 Å². The van der Waals surface area contributed by atoms with Crippen LogP contribution in [0.2, 0.25) is 0 Å². The minimum absolute atomic E-state index is 0.238. The number of imidazole rings is 1. The highest BCUT2D eigenvalue weighted by Gasteiger charge is 2.19. The minimum Gasteiger partial charge on any atom is -0.497 e. The summed E-state index contributed by atoms with van der Waals surface area (Å²) in [6, 6.07) is 7.15. The average Bonchev–Trinajstić information content (AvgIpc) is 3.09. The summed E-state index contributed by atoms with van der Waals surface area (Å²) in [4.78, 5) is 41.9. The lowest BCUT2D eigenvalue weighted by Gasteiger charge is -2.18. The maximum atomic E-state index is 12.7. The van der Waals surface area contributed by atoms with E-state index in [1.165, 1.54) is 22.5 Å². The van der Waals surface area contributed by atoms with E-state index in [1.807, 2.05) is 31.2 Å². The Morgan fingerprint density at radius 3 is 2.50 bits per heavy atom. The first-order valence-electron chi connectivity index (χ1n) is 8.91. The van der Waals surface area contributed by atoms with Gasteiger partial charge in [-0.2, -0.15) is 0 Å². The molecule has 1 N–H and O–H groups in total. The molecule has 0 aliphatic carbocycles. The summed E-state index contributed by atoms with van der Waals surface area (Å²) in [5, 5.41) is 2.89. The summed E-state index contributed by atoms with van der Waals surface area (Å²) in [5.41, 5.74) is 0.365. The Labute approximate surface area is 161 Å². The highest BCUT2D eigenvalue weighted by molar-refractivity contribution is 5.77. The molecule has 3 aromatic rings. The number of hydrogen-bond acceptors (Lipinski definition) is 5. The molecule has 3 rings (SSSR count). The van der Waals surface area contributed by atoms with Crippen LogP contribution in [0.5, 0.6) is 5.75 Å². The van der Waals surface area contributed by atoms with Crippen LogP contribution in [-0.4, -0.2) is 31.7 Å². The molecular formula is C19H23N5O4. The Bertz CT molecular complexity index is 1120. The fourth-order valence-electron chi connectivity index (χ4n) is 3.18. The van der Waals surface area contributed by atoms with Gasteiger partial charge in [0.15, 0.2) is 11.2 Å². The van der Waals surface area contributed by atoms with Crippen molar-refractivity contribution in [3.63, 3.8) is 0 Å². The summed E-state index contributed by atoms with van der Waals surface area (Å²) in [5.74, 6) is 0.313. The first-order chi connectivity index (χ1) is 13.4. The molecule has 1 aromatic carbocycles. The second kappa shape index (κ2) is 7.71. The normalized spacial score (nSPS) is 12.1. The number of carbonyl (C=O) groups excluding carboxylic acids is 1. The number of methoxy groups -OCH3 is 1. The average molecular weight is 385 g/mol. The summed E-state index contributed by atoms with van der Waals surface area (Å²) in [7, 11) is 4.78. The van der Waals surface area contributed by atoms with Gasteiger partial charge in [0, 0.05) is 14.1 Å². The number of hydrogen-bond donors (Lipinski definition) is 1. The summed E-state index contributed by atoms with van der Waals surface area (Å²) < 4.78 is 8.89. The van der Waals surface area contributed by atoms with Crippen molar-refractivity contribution in [3.8, 4) is 5.75 Å². The van der Waals surface area contributed by atoms with Gasteiger partial charge >= 0.3 is 5.69 Å². The SMILES string of the molecule is CC[C@H](NC(=O)Cn1c(=O)c2c(ncn2C)n(C)c1=O)c1ccc(OC)cc1. The van der Waals surface area contributed by atoms with Crippen LogP contribution in [0.1, 0.15) is 24.9 Å². The number of aryl methyl sites for hydroxylation is 2. The Morgan fingerprint density at radius 2 is 1.89 bits per heavy atom. The predicted octanol–water partition coefficient (Wildman–Crippen LogP) is 0.710. The van der Waals surface area contributed by atoms with E-state index in [2.05, 4.69) is 10.3 Å². The van der Waals surface area contributed by atoms with Crippen LogP contribution < -0.4 is 21.3 Å². The number of amides is 1. The van der Waals surface area contributed by atoms with Crippen LogP contribution in [0, 0.1) is 0 Å². The van der Waals surface area contributed by atoms with Crippen molar-refractivity contribution >= 4 is 17.1 Å². The number of ether oxygens (including phenoxy) is 1. The highest BCUT2D eigenvalue weighted by Crippen LogP contribution is 2.20. The molecule has 0 saturated heterocycles. The van der Waals surface area contributed by atoms with E-state index in [0.717, 1.165) is 15.9 Å². The predicted molar refractivity (Wildman–Crippen MR) is 104 cm³/mol. The Morgan fingerprint density at radius 1 is 1.21 bits per heavy atom. The zero-order valence-electron chi connectivity index (χ0n) is 16.3. The molecule has 0 aliphatic heterocycles. The Kier molecular flexibility index (Phi) is 5.34. The standard InChI is InChI=1S/C19H23N5O4/c1-5-14(12-6-8-13(28-4)9-7-12)21-15(25)10-24-18(26)16-17(20-11-22(16)2)23(3)19(24)27/h6-9,11,14H,5,10H2,1-4H3,(H,21,25)/t14-/m0/s1. The van der Waals surface area contributed by atoms with Crippen LogP contribution in [0.4, 0.5) is 0 Å². The smallest absolute Gasteiger partial charge is 0.332 e. The lowest BCUT2D eigenvalue weighted by Crippen LogP contribution is -2.44. The van der Waals surface area contributed by atoms with Crippen LogP contribution >= 0.6 is 0 Å². The van der Waals surface area contributed by atoms with E-state index in [4.69, 9.17) is 4.74 Å². The van der Waals surface area contributed by atoms with E-state index >= 15 is 0 Å². The van der Waals surface area contributed by atoms with Crippen molar-refractivity contribution in [1.29, 1.82) is 0 Å². The zero-order chi connectivity index (χ0) is 20.4. The maximum absolute atomic E-state index is 12.7. The summed E-state index contributed by atoms with van der Waals surface area (Å²) in [6.45, 7) is 1.58. The van der Waals surface area contributed by atoms with Crippen molar-refractivity contribution in [1.82, 2.24) is 24.0 Å². The zero-order valence-corrected chi connectivity index (χ0v) is 16.3. The van der Waals surface area contributed by atoms with Crippen molar-refractivity contribution in [3.05, 3.63) is 57.0 Å². The van der Waals surface area contributed by atoms with Gasteiger partial charge < -0.3 is 14.6 Å². The van der Waals surface area contributed by atoms with E-state index < -0.39 is 17.2 Å². The Hall–Kier alpha value is -3.36. The molecule has 1 atom stereocenters. The van der Waals surface area contributed by atoms with Gasteiger partial charge in [-0.25, -0.2) is 14.3 Å². The molecule has 28 heavy (non-hydrogen) atoms. The van der Waals surface area contributed by atoms with Gasteiger partial charge in [-0.1, -0.05) is 19.1 Å². The lowest BCUT2D eigenvalue weighted by molar-refractivity contribution is -0.122. The largest absolute Gasteiger partial charge is 0.497 e.